The van der Waals surface area contributed by atoms with E-state index in [9.17, 15) is 0 Å². The number of rotatable bonds is 8. The number of aryl methyl sites for hydroxylation is 1. The van der Waals surface area contributed by atoms with Crippen molar-refractivity contribution >= 4 is 60.9 Å². The molecule has 86 heavy (non-hydrogen) atoms. The lowest BCUT2D eigenvalue weighted by atomic mass is 9.72. The molecular weight excluding hydrogens is 1040 g/mol. The van der Waals surface area contributed by atoms with E-state index in [0.717, 1.165) is 67.7 Å². The summed E-state index contributed by atoms with van der Waals surface area (Å²) in [5.41, 5.74) is 32.6. The van der Waals surface area contributed by atoms with Crippen LogP contribution >= 0.6 is 0 Å². The number of hydrogen-bond donors (Lipinski definition) is 0. The summed E-state index contributed by atoms with van der Waals surface area (Å²) in [5, 5.41) is 4.68. The highest BCUT2D eigenvalue weighted by Crippen LogP contribution is 2.64. The Morgan fingerprint density at radius 1 is 0.337 bits per heavy atom. The fourth-order valence-electron chi connectivity index (χ4n) is 15.8. The minimum atomic E-state index is -0.378. The maximum atomic E-state index is 7.08. The normalized spacial score (nSPS) is 14.5. The van der Waals surface area contributed by atoms with Gasteiger partial charge in [0, 0.05) is 66.0 Å². The molecule has 0 fully saturated rings. The standard InChI is InChI=1S/C83H63NO2/c1-49-34-39-55(45-64(49)58-27-15-14-26-54(58)44-50-22-10-8-11-23-50)84(57-41-43-61-68(47-57)83(6,7)77-73(61)75-63-30-18-21-33-71(63)86-80(75)76-59-28-16-19-31-66(59)82(4,5)78(76)77)56-40-42-60-67(46-56)81(2,3)69-48-65(53-37-35-52(36-38-53)51-24-12-9-13-25-51)79-74(72(60)69)62-29-17-20-32-70(62)85-79/h8-43,45-48H,44H2,1-7H3. The van der Waals surface area contributed by atoms with E-state index in [2.05, 4.69) is 296 Å². The van der Waals surface area contributed by atoms with Crippen molar-refractivity contribution in [1.29, 1.82) is 0 Å². The van der Waals surface area contributed by atoms with Crippen molar-refractivity contribution in [2.45, 2.75) is 71.1 Å². The fourth-order valence-corrected chi connectivity index (χ4v) is 15.8. The van der Waals surface area contributed by atoms with Gasteiger partial charge in [-0.2, -0.15) is 0 Å². The number of hydrogen-bond acceptors (Lipinski definition) is 3. The van der Waals surface area contributed by atoms with Crippen molar-refractivity contribution in [3.8, 4) is 66.8 Å². The molecule has 3 aliphatic carbocycles. The third kappa shape index (κ3) is 7.15. The van der Waals surface area contributed by atoms with E-state index in [1.807, 2.05) is 0 Å². The van der Waals surface area contributed by atoms with Crippen molar-refractivity contribution in [3.05, 3.63) is 293 Å². The van der Waals surface area contributed by atoms with Gasteiger partial charge in [0.05, 0.1) is 0 Å². The van der Waals surface area contributed by atoms with Gasteiger partial charge in [0.1, 0.15) is 22.3 Å². The first-order valence-electron chi connectivity index (χ1n) is 30.4. The Kier molecular flexibility index (Phi) is 10.7. The minimum absolute atomic E-state index is 0.261. The lowest BCUT2D eigenvalue weighted by Gasteiger charge is -2.32. The predicted octanol–water partition coefficient (Wildman–Crippen LogP) is 22.8. The van der Waals surface area contributed by atoms with Gasteiger partial charge < -0.3 is 13.7 Å². The zero-order valence-corrected chi connectivity index (χ0v) is 49.6. The second-order valence-electron chi connectivity index (χ2n) is 25.9. The summed E-state index contributed by atoms with van der Waals surface area (Å²) in [5.74, 6) is 0. The number of furan rings is 2. The summed E-state index contributed by atoms with van der Waals surface area (Å²) in [6.45, 7) is 16.9. The molecule has 0 unspecified atom stereocenters. The van der Waals surface area contributed by atoms with Crippen LogP contribution in [0.25, 0.3) is 111 Å². The van der Waals surface area contributed by atoms with Crippen LogP contribution in [0, 0.1) is 6.92 Å². The van der Waals surface area contributed by atoms with Gasteiger partial charge in [0.2, 0.25) is 0 Å². The van der Waals surface area contributed by atoms with Crippen LogP contribution in [0.4, 0.5) is 17.1 Å². The molecule has 14 aromatic rings. The average Bonchev–Trinajstić information content (AvgIpc) is 1.52. The number of para-hydroxylation sites is 2. The Morgan fingerprint density at radius 3 is 1.55 bits per heavy atom. The third-order valence-electron chi connectivity index (χ3n) is 20.0. The minimum Gasteiger partial charge on any atom is -0.455 e. The molecule has 0 saturated heterocycles. The van der Waals surface area contributed by atoms with Crippen molar-refractivity contribution in [1.82, 2.24) is 0 Å². The van der Waals surface area contributed by atoms with Gasteiger partial charge in [-0.15, -0.1) is 0 Å². The summed E-state index contributed by atoms with van der Waals surface area (Å²) in [7, 11) is 0. The van der Waals surface area contributed by atoms with E-state index < -0.39 is 0 Å². The van der Waals surface area contributed by atoms with Crippen LogP contribution in [-0.4, -0.2) is 0 Å². The highest BCUT2D eigenvalue weighted by atomic mass is 16.3. The van der Waals surface area contributed by atoms with Crippen molar-refractivity contribution < 1.29 is 8.83 Å². The second-order valence-corrected chi connectivity index (χ2v) is 25.9. The largest absolute Gasteiger partial charge is 0.455 e. The van der Waals surface area contributed by atoms with Gasteiger partial charge in [0.25, 0.3) is 0 Å². The quantitative estimate of drug-likeness (QED) is 0.152. The lowest BCUT2D eigenvalue weighted by Crippen LogP contribution is -2.24. The second kappa shape index (κ2) is 18.3. The molecular formula is C83H63NO2. The van der Waals surface area contributed by atoms with Gasteiger partial charge in [-0.3, -0.25) is 0 Å². The molecule has 3 heteroatoms. The van der Waals surface area contributed by atoms with E-state index in [1.54, 1.807) is 0 Å². The summed E-state index contributed by atoms with van der Waals surface area (Å²) >= 11 is 0. The molecule has 0 saturated carbocycles. The van der Waals surface area contributed by atoms with Crippen LogP contribution < -0.4 is 4.90 Å². The molecule has 0 N–H and O–H groups in total. The molecule has 0 atom stereocenters. The van der Waals surface area contributed by atoms with Gasteiger partial charge >= 0.3 is 0 Å². The number of benzene rings is 12. The molecule has 0 bridgehead atoms. The third-order valence-corrected chi connectivity index (χ3v) is 20.0. The topological polar surface area (TPSA) is 29.5 Å². The first kappa shape index (κ1) is 50.5. The zero-order valence-electron chi connectivity index (χ0n) is 49.6. The first-order chi connectivity index (χ1) is 41.8. The van der Waals surface area contributed by atoms with E-state index in [-0.39, 0.29) is 16.2 Å². The average molecular weight is 1110 g/mol. The van der Waals surface area contributed by atoms with Crippen LogP contribution in [0.5, 0.6) is 0 Å². The van der Waals surface area contributed by atoms with Crippen LogP contribution in [-0.2, 0) is 22.7 Å². The Morgan fingerprint density at radius 2 is 0.837 bits per heavy atom. The highest BCUT2D eigenvalue weighted by Gasteiger charge is 2.49. The Labute approximate surface area is 502 Å². The Balaban J connectivity index is 0.876. The van der Waals surface area contributed by atoms with Gasteiger partial charge in [-0.1, -0.05) is 230 Å². The molecule has 17 rings (SSSR count). The maximum absolute atomic E-state index is 7.08. The molecule has 0 amide bonds. The highest BCUT2D eigenvalue weighted by molar-refractivity contribution is 6.21. The fraction of sp³-hybridized carbons (Fsp3) is 0.133. The van der Waals surface area contributed by atoms with Crippen molar-refractivity contribution in [2.75, 3.05) is 4.90 Å². The Hall–Kier alpha value is -9.96. The number of anilines is 3. The van der Waals surface area contributed by atoms with Crippen LogP contribution in [0.3, 0.4) is 0 Å². The smallest absolute Gasteiger partial charge is 0.144 e. The molecule has 0 aliphatic heterocycles. The molecule has 2 aromatic heterocycles. The van der Waals surface area contributed by atoms with Gasteiger partial charge in [0.15, 0.2) is 0 Å². The first-order valence-corrected chi connectivity index (χ1v) is 30.4. The maximum Gasteiger partial charge on any atom is 0.144 e. The van der Waals surface area contributed by atoms with Gasteiger partial charge in [-0.05, 0) is 174 Å². The summed E-state index contributed by atoms with van der Waals surface area (Å²) < 4.78 is 14.1. The van der Waals surface area contributed by atoms with Crippen LogP contribution in [0.15, 0.2) is 251 Å². The van der Waals surface area contributed by atoms with E-state index in [4.69, 9.17) is 8.83 Å². The molecule has 0 spiro atoms. The number of fused-ring (bicyclic) bond motifs is 19. The van der Waals surface area contributed by atoms with Crippen molar-refractivity contribution in [2.24, 2.45) is 0 Å². The lowest BCUT2D eigenvalue weighted by molar-refractivity contribution is 0.600. The van der Waals surface area contributed by atoms with Crippen LogP contribution in [0.2, 0.25) is 0 Å². The Bertz CT molecular complexity index is 5160. The van der Waals surface area contributed by atoms with Crippen molar-refractivity contribution in [3.63, 3.8) is 0 Å². The molecule has 3 nitrogen and oxygen atoms in total. The molecule has 12 aromatic carbocycles. The summed E-state index contributed by atoms with van der Waals surface area (Å²) in [4.78, 5) is 2.54. The van der Waals surface area contributed by atoms with E-state index in [0.29, 0.717) is 0 Å². The molecule has 3 aliphatic rings. The van der Waals surface area contributed by atoms with E-state index in [1.165, 1.54) is 116 Å². The predicted molar refractivity (Wildman–Crippen MR) is 359 cm³/mol. The SMILES string of the molecule is Cc1ccc(N(c2ccc3c(c2)C(C)(C)c2cc(-c4ccc(-c5ccccc5)cc4)c4oc5ccccc5c4c2-3)c2ccc3c(c2)C(C)(C)c2c4c(c5oc6ccccc6c5c2-3)-c2ccccc2C4(C)C)cc1-c1ccccc1Cc1ccccc1. The zero-order chi connectivity index (χ0) is 58.0. The molecule has 2 heterocycles. The van der Waals surface area contributed by atoms with E-state index >= 15 is 0 Å². The summed E-state index contributed by atoms with van der Waals surface area (Å²) in [6, 6.07) is 89.9. The molecule has 0 radical (unpaired) electrons. The van der Waals surface area contributed by atoms with Gasteiger partial charge in [-0.25, -0.2) is 0 Å². The molecule has 412 valence electrons. The monoisotopic (exact) mass is 1110 g/mol. The number of nitrogens with zero attached hydrogens (tertiary/aromatic N) is 1. The summed E-state index contributed by atoms with van der Waals surface area (Å²) in [6.07, 6.45) is 0.843. The van der Waals surface area contributed by atoms with Crippen LogP contribution in [0.1, 0.15) is 91.6 Å².